The van der Waals surface area contributed by atoms with E-state index >= 15 is 0 Å². The molecule has 0 aliphatic carbocycles. The molecular weight excluding hydrogens is 264 g/mol. The number of nitrogens with zero attached hydrogens (tertiary/aromatic N) is 1. The summed E-state index contributed by atoms with van der Waals surface area (Å²) in [6, 6.07) is 5.01. The maximum absolute atomic E-state index is 11.9. The molecule has 0 saturated heterocycles. The highest BCUT2D eigenvalue weighted by Crippen LogP contribution is 2.28. The normalized spacial score (nSPS) is 11.1. The second-order valence-corrected chi connectivity index (χ2v) is 5.95. The number of hydrogen-bond donors (Lipinski definition) is 1. The number of anilines is 1. The van der Waals surface area contributed by atoms with Crippen LogP contribution in [0.1, 0.15) is 31.1 Å². The molecule has 5 heteroatoms. The van der Waals surface area contributed by atoms with Crippen molar-refractivity contribution in [3.63, 3.8) is 0 Å². The summed E-state index contributed by atoms with van der Waals surface area (Å²) in [5.41, 5.74) is 0.304. The van der Waals surface area contributed by atoms with E-state index < -0.39 is 5.41 Å². The predicted octanol–water partition coefficient (Wildman–Crippen LogP) is 3.03. The molecule has 2 amide bonds. The van der Waals surface area contributed by atoms with Gasteiger partial charge in [0.05, 0.1) is 16.3 Å². The lowest BCUT2D eigenvalue weighted by molar-refractivity contribution is -0.123. The Morgan fingerprint density at radius 1 is 1.21 bits per heavy atom. The van der Waals surface area contributed by atoms with Gasteiger partial charge in [0.15, 0.2) is 0 Å². The first kappa shape index (κ1) is 15.5. The van der Waals surface area contributed by atoms with Gasteiger partial charge in [0.1, 0.15) is 0 Å². The van der Waals surface area contributed by atoms with Crippen molar-refractivity contribution < 1.29 is 9.59 Å². The van der Waals surface area contributed by atoms with Crippen molar-refractivity contribution in [2.45, 2.75) is 20.8 Å². The van der Waals surface area contributed by atoms with Gasteiger partial charge in [0, 0.05) is 19.5 Å². The Hall–Kier alpha value is -1.55. The van der Waals surface area contributed by atoms with Crippen LogP contribution in [0.15, 0.2) is 18.2 Å². The quantitative estimate of drug-likeness (QED) is 0.906. The van der Waals surface area contributed by atoms with Gasteiger partial charge in [-0.05, 0) is 12.1 Å². The third kappa shape index (κ3) is 3.70. The summed E-state index contributed by atoms with van der Waals surface area (Å²) in [7, 11) is 3.30. The highest BCUT2D eigenvalue weighted by Gasteiger charge is 2.23. The van der Waals surface area contributed by atoms with Crippen molar-refractivity contribution in [1.82, 2.24) is 4.90 Å². The van der Waals surface area contributed by atoms with Crippen LogP contribution in [0.4, 0.5) is 5.69 Å². The zero-order valence-electron chi connectivity index (χ0n) is 11.9. The maximum Gasteiger partial charge on any atom is 0.254 e. The van der Waals surface area contributed by atoms with Gasteiger partial charge in [-0.3, -0.25) is 9.59 Å². The van der Waals surface area contributed by atoms with Crippen LogP contribution < -0.4 is 5.32 Å². The number of amides is 2. The van der Waals surface area contributed by atoms with E-state index in [-0.39, 0.29) is 16.8 Å². The minimum atomic E-state index is -0.523. The topological polar surface area (TPSA) is 49.4 Å². The molecule has 1 rings (SSSR count). The average molecular weight is 283 g/mol. The van der Waals surface area contributed by atoms with Gasteiger partial charge in [-0.1, -0.05) is 38.4 Å². The first-order valence-electron chi connectivity index (χ1n) is 5.96. The molecule has 0 bridgehead atoms. The summed E-state index contributed by atoms with van der Waals surface area (Å²) in [4.78, 5) is 25.3. The van der Waals surface area contributed by atoms with E-state index in [1.165, 1.54) is 4.90 Å². The zero-order valence-corrected chi connectivity index (χ0v) is 12.6. The summed E-state index contributed by atoms with van der Waals surface area (Å²) >= 11 is 6.18. The molecule has 0 spiro atoms. The molecule has 0 atom stereocenters. The number of carbonyl (C=O) groups is 2. The van der Waals surface area contributed by atoms with Crippen molar-refractivity contribution in [1.29, 1.82) is 0 Å². The molecule has 19 heavy (non-hydrogen) atoms. The Bertz CT molecular complexity index is 505. The number of nitrogens with one attached hydrogen (secondary N) is 1. The summed E-state index contributed by atoms with van der Waals surface area (Å²) in [6.07, 6.45) is 0. The molecule has 0 radical (unpaired) electrons. The minimum Gasteiger partial charge on any atom is -0.345 e. The monoisotopic (exact) mass is 282 g/mol. The van der Waals surface area contributed by atoms with Gasteiger partial charge >= 0.3 is 0 Å². The van der Waals surface area contributed by atoms with E-state index in [4.69, 9.17) is 11.6 Å². The van der Waals surface area contributed by atoms with Gasteiger partial charge in [-0.15, -0.1) is 0 Å². The van der Waals surface area contributed by atoms with Crippen LogP contribution in [0.25, 0.3) is 0 Å². The largest absolute Gasteiger partial charge is 0.345 e. The molecule has 1 aromatic rings. The number of rotatable bonds is 2. The summed E-state index contributed by atoms with van der Waals surface area (Å²) in [5.74, 6) is -0.347. The molecule has 0 aromatic heterocycles. The van der Waals surface area contributed by atoms with Crippen molar-refractivity contribution in [3.8, 4) is 0 Å². The minimum absolute atomic E-state index is 0.149. The summed E-state index contributed by atoms with van der Waals surface area (Å²) in [5, 5.41) is 3.01. The van der Waals surface area contributed by atoms with Crippen LogP contribution >= 0.6 is 11.6 Å². The lowest BCUT2D eigenvalue weighted by Crippen LogP contribution is -2.28. The Labute approximate surface area is 118 Å². The van der Waals surface area contributed by atoms with E-state index in [2.05, 4.69) is 5.32 Å². The fourth-order valence-corrected chi connectivity index (χ4v) is 1.60. The fourth-order valence-electron chi connectivity index (χ4n) is 1.34. The van der Waals surface area contributed by atoms with Gasteiger partial charge in [0.2, 0.25) is 5.91 Å². The number of hydrogen-bond acceptors (Lipinski definition) is 2. The lowest BCUT2D eigenvalue weighted by Gasteiger charge is -2.19. The smallest absolute Gasteiger partial charge is 0.254 e. The first-order chi connectivity index (χ1) is 8.64. The Morgan fingerprint density at radius 2 is 1.79 bits per heavy atom. The molecule has 0 fully saturated rings. The SMILES string of the molecule is CN(C)C(=O)c1cccc(NC(=O)C(C)(C)C)c1Cl. The van der Waals surface area contributed by atoms with Crippen molar-refractivity contribution in [3.05, 3.63) is 28.8 Å². The summed E-state index contributed by atoms with van der Waals surface area (Å²) < 4.78 is 0. The first-order valence-corrected chi connectivity index (χ1v) is 6.34. The average Bonchev–Trinajstić information content (AvgIpc) is 2.29. The van der Waals surface area contributed by atoms with Gasteiger partial charge in [0.25, 0.3) is 5.91 Å². The highest BCUT2D eigenvalue weighted by atomic mass is 35.5. The molecule has 0 aliphatic rings. The zero-order chi connectivity index (χ0) is 14.8. The van der Waals surface area contributed by atoms with Gasteiger partial charge in [-0.2, -0.15) is 0 Å². The standard InChI is InChI=1S/C14H19ClN2O2/c1-14(2,3)13(19)16-10-8-6-7-9(11(10)15)12(18)17(4)5/h6-8H,1-5H3,(H,16,19). The van der Waals surface area contributed by atoms with Gasteiger partial charge < -0.3 is 10.2 Å². The van der Waals surface area contributed by atoms with E-state index in [0.29, 0.717) is 11.3 Å². The lowest BCUT2D eigenvalue weighted by atomic mass is 9.95. The molecule has 0 saturated carbocycles. The van der Waals surface area contributed by atoms with Crippen LogP contribution in [0.2, 0.25) is 5.02 Å². The predicted molar refractivity (Wildman–Crippen MR) is 77.6 cm³/mol. The second-order valence-electron chi connectivity index (χ2n) is 5.57. The van der Waals surface area contributed by atoms with E-state index in [0.717, 1.165) is 0 Å². The van der Waals surface area contributed by atoms with E-state index in [9.17, 15) is 9.59 Å². The van der Waals surface area contributed by atoms with Crippen LogP contribution in [0.5, 0.6) is 0 Å². The third-order valence-electron chi connectivity index (χ3n) is 2.56. The Morgan fingerprint density at radius 3 is 2.26 bits per heavy atom. The van der Waals surface area contributed by atoms with Crippen molar-refractivity contribution in [2.75, 3.05) is 19.4 Å². The molecule has 104 valence electrons. The molecule has 0 heterocycles. The van der Waals surface area contributed by atoms with Crippen LogP contribution in [0, 0.1) is 5.41 Å². The molecule has 0 unspecified atom stereocenters. The second kappa shape index (κ2) is 5.61. The summed E-state index contributed by atoms with van der Waals surface area (Å²) in [6.45, 7) is 5.43. The van der Waals surface area contributed by atoms with E-state index in [1.54, 1.807) is 32.3 Å². The van der Waals surface area contributed by atoms with Crippen molar-refractivity contribution >= 4 is 29.1 Å². The Kier molecular flexibility index (Phi) is 4.58. The number of benzene rings is 1. The number of carbonyl (C=O) groups excluding carboxylic acids is 2. The van der Waals surface area contributed by atoms with Crippen LogP contribution in [0.3, 0.4) is 0 Å². The molecule has 1 aromatic carbocycles. The van der Waals surface area contributed by atoms with E-state index in [1.807, 2.05) is 20.8 Å². The van der Waals surface area contributed by atoms with Crippen molar-refractivity contribution in [2.24, 2.45) is 5.41 Å². The fraction of sp³-hybridized carbons (Fsp3) is 0.429. The molecule has 1 N–H and O–H groups in total. The van der Waals surface area contributed by atoms with Gasteiger partial charge in [-0.25, -0.2) is 0 Å². The third-order valence-corrected chi connectivity index (χ3v) is 2.97. The molecular formula is C14H19ClN2O2. The number of halogens is 1. The Balaban J connectivity index is 3.09. The molecule has 4 nitrogen and oxygen atoms in total. The van der Waals surface area contributed by atoms with Crippen LogP contribution in [-0.4, -0.2) is 30.8 Å². The molecule has 0 aliphatic heterocycles. The van der Waals surface area contributed by atoms with Crippen LogP contribution in [-0.2, 0) is 4.79 Å². The highest BCUT2D eigenvalue weighted by molar-refractivity contribution is 6.36. The maximum atomic E-state index is 11.9.